The Kier molecular flexibility index (Phi) is 9.31. The number of nitrogens with zero attached hydrogens (tertiary/aromatic N) is 4. The van der Waals surface area contributed by atoms with Gasteiger partial charge in [-0.15, -0.1) is 0 Å². The second kappa shape index (κ2) is 12.1. The van der Waals surface area contributed by atoms with E-state index in [0.717, 1.165) is 4.90 Å². The van der Waals surface area contributed by atoms with Gasteiger partial charge in [0.25, 0.3) is 0 Å². The van der Waals surface area contributed by atoms with Crippen molar-refractivity contribution in [3.05, 3.63) is 53.1 Å². The molecule has 3 rings (SSSR count). The van der Waals surface area contributed by atoms with Crippen molar-refractivity contribution in [3.8, 4) is 5.75 Å². The third-order valence-electron chi connectivity index (χ3n) is 5.72. The third-order valence-corrected chi connectivity index (χ3v) is 7.35. The lowest BCUT2D eigenvalue weighted by Gasteiger charge is -2.31. The van der Waals surface area contributed by atoms with Crippen LogP contribution in [0.5, 0.6) is 5.75 Å². The Bertz CT molecular complexity index is 1170. The lowest BCUT2D eigenvalue weighted by atomic mass is 9.97. The van der Waals surface area contributed by atoms with Crippen LogP contribution in [0.1, 0.15) is 34.1 Å². The highest BCUT2D eigenvalue weighted by Gasteiger charge is 2.56. The Hall–Kier alpha value is -3.25. The second-order valence-electron chi connectivity index (χ2n) is 9.12. The van der Waals surface area contributed by atoms with Gasteiger partial charge in [0.05, 0.1) is 25.2 Å². The molecule has 206 valence electrons. The molecule has 2 heterocycles. The number of esters is 1. The highest BCUT2D eigenvalue weighted by Crippen LogP contribution is 2.48. The van der Waals surface area contributed by atoms with Gasteiger partial charge in [-0.05, 0) is 44.5 Å². The summed E-state index contributed by atoms with van der Waals surface area (Å²) in [5, 5.41) is 17.1. The number of nitrogens with one attached hydrogen (secondary N) is 1. The smallest absolute Gasteiger partial charge is 0.459 e. The number of rotatable bonds is 11. The summed E-state index contributed by atoms with van der Waals surface area (Å²) in [7, 11) is -4.40. The molecule has 2 aliphatic heterocycles. The highest BCUT2D eigenvalue weighted by atomic mass is 31.2. The van der Waals surface area contributed by atoms with Gasteiger partial charge in [-0.3, -0.25) is 23.8 Å². The Morgan fingerprint density at radius 2 is 2.03 bits per heavy atom. The maximum atomic E-state index is 13.8. The zero-order valence-corrected chi connectivity index (χ0v) is 22.2. The molecule has 1 fully saturated rings. The fourth-order valence-electron chi connectivity index (χ4n) is 3.85. The third kappa shape index (κ3) is 6.79. The average molecular weight is 551 g/mol. The molecule has 0 aromatic heterocycles. The van der Waals surface area contributed by atoms with E-state index in [4.69, 9.17) is 18.5 Å². The molecule has 1 amide bonds. The zero-order chi connectivity index (χ0) is 28.1. The molecule has 2 aliphatic rings. The van der Waals surface area contributed by atoms with E-state index in [1.165, 1.54) is 31.3 Å². The van der Waals surface area contributed by atoms with Crippen LogP contribution in [0.15, 0.2) is 47.7 Å². The minimum Gasteiger partial charge on any atom is -0.462 e. The number of ether oxygens (including phenoxy) is 2. The molecule has 1 aromatic carbocycles. The summed E-state index contributed by atoms with van der Waals surface area (Å²) < 4.78 is 36.0. The number of hydrogen-bond acceptors (Lipinski definition) is 10. The number of allylic oxidation sites excluding steroid dienone is 1. The maximum Gasteiger partial charge on any atom is 0.459 e. The van der Waals surface area contributed by atoms with Crippen LogP contribution >= 0.6 is 7.75 Å². The molecular weight excluding hydrogens is 521 g/mol. The standard InChI is InChI=1S/C23H30N5O9P/c1-14(2)35-22(32)16(4)25-38(33,37-18-8-6-5-7-9-18)34-13-23(26-27-24)20(31)15(3)21(36-23)28-11-10-17(29)12-19(28)30/h5-11,14-16,20-21,31H,12-13H2,1-4H3,(H,25,33)/t15-,16-,20-,21+,23+,38?/m0/s1. The van der Waals surface area contributed by atoms with Gasteiger partial charge in [-0.25, -0.2) is 4.57 Å². The Balaban J connectivity index is 1.87. The summed E-state index contributed by atoms with van der Waals surface area (Å²) in [6.45, 7) is 5.46. The summed E-state index contributed by atoms with van der Waals surface area (Å²) in [5.74, 6) is -2.36. The van der Waals surface area contributed by atoms with E-state index in [1.807, 2.05) is 0 Å². The van der Waals surface area contributed by atoms with Crippen LogP contribution in [0.3, 0.4) is 0 Å². The van der Waals surface area contributed by atoms with E-state index >= 15 is 0 Å². The van der Waals surface area contributed by atoms with Crippen LogP contribution < -0.4 is 9.61 Å². The normalized spacial score (nSPS) is 27.5. The fraction of sp³-hybridized carbons (Fsp3) is 0.522. The number of carbonyl (C=O) groups is 3. The zero-order valence-electron chi connectivity index (χ0n) is 21.3. The molecule has 0 spiro atoms. The molecule has 0 radical (unpaired) electrons. The summed E-state index contributed by atoms with van der Waals surface area (Å²) in [5.41, 5.74) is 7.11. The first-order valence-electron chi connectivity index (χ1n) is 11.8. The molecule has 0 saturated carbocycles. The van der Waals surface area contributed by atoms with Crippen LogP contribution in [-0.2, 0) is 32.9 Å². The molecule has 2 N–H and O–H groups in total. The van der Waals surface area contributed by atoms with Crippen molar-refractivity contribution >= 4 is 25.4 Å². The van der Waals surface area contributed by atoms with Crippen molar-refractivity contribution < 1.29 is 42.6 Å². The molecule has 14 nitrogen and oxygen atoms in total. The lowest BCUT2D eigenvalue weighted by molar-refractivity contribution is -0.157. The molecule has 0 bridgehead atoms. The SMILES string of the molecule is CC(C)OC(=O)[C@H](C)NP(=O)(OC[C@@]1(N=[N+]=[N-])O[C@@H](N2C=CC(=O)CC2=O)[C@@H](C)[C@@H]1O)Oc1ccccc1. The van der Waals surface area contributed by atoms with Gasteiger partial charge in [0.15, 0.2) is 11.5 Å². The van der Waals surface area contributed by atoms with Crippen LogP contribution in [-0.4, -0.2) is 64.5 Å². The number of azide groups is 1. The molecule has 38 heavy (non-hydrogen) atoms. The summed E-state index contributed by atoms with van der Waals surface area (Å²) in [4.78, 5) is 40.2. The maximum absolute atomic E-state index is 13.8. The molecule has 0 aliphatic carbocycles. The van der Waals surface area contributed by atoms with Gasteiger partial charge in [-0.2, -0.15) is 5.09 Å². The van der Waals surface area contributed by atoms with Crippen molar-refractivity contribution in [3.63, 3.8) is 0 Å². The number of aliphatic hydroxyl groups is 1. The first kappa shape index (κ1) is 29.3. The number of hydrogen-bond donors (Lipinski definition) is 2. The van der Waals surface area contributed by atoms with Crippen molar-refractivity contribution in [2.75, 3.05) is 6.61 Å². The summed E-state index contributed by atoms with van der Waals surface area (Å²) >= 11 is 0. The van der Waals surface area contributed by atoms with Gasteiger partial charge in [-0.1, -0.05) is 30.2 Å². The number of aliphatic hydroxyl groups excluding tert-OH is 1. The Labute approximate surface area is 219 Å². The van der Waals surface area contributed by atoms with Gasteiger partial charge in [0, 0.05) is 17.0 Å². The van der Waals surface area contributed by atoms with Crippen LogP contribution in [0.4, 0.5) is 0 Å². The van der Waals surface area contributed by atoms with E-state index in [-0.39, 0.29) is 5.75 Å². The number of carbonyl (C=O) groups excluding carboxylic acids is 3. The number of amides is 1. The predicted molar refractivity (Wildman–Crippen MR) is 132 cm³/mol. The molecule has 1 saturated heterocycles. The quantitative estimate of drug-likeness (QED) is 0.103. The van der Waals surface area contributed by atoms with E-state index < -0.39 is 74.6 Å². The number of benzene rings is 1. The number of ketones is 1. The van der Waals surface area contributed by atoms with E-state index in [2.05, 4.69) is 15.1 Å². The summed E-state index contributed by atoms with van der Waals surface area (Å²) in [6, 6.07) is 6.83. The molecule has 1 unspecified atom stereocenters. The van der Waals surface area contributed by atoms with Crippen LogP contribution in [0.2, 0.25) is 0 Å². The topological polar surface area (TPSA) is 189 Å². The first-order chi connectivity index (χ1) is 17.9. The molecule has 15 heteroatoms. The Morgan fingerprint density at radius 3 is 2.63 bits per heavy atom. The molecular formula is C23H30N5O9P. The van der Waals surface area contributed by atoms with E-state index in [9.17, 15) is 29.6 Å². The van der Waals surface area contributed by atoms with E-state index in [0.29, 0.717) is 0 Å². The Morgan fingerprint density at radius 1 is 1.34 bits per heavy atom. The minimum absolute atomic E-state index is 0.137. The number of para-hydroxylation sites is 1. The van der Waals surface area contributed by atoms with Gasteiger partial charge >= 0.3 is 13.7 Å². The van der Waals surface area contributed by atoms with Gasteiger partial charge in [0.2, 0.25) is 5.91 Å². The lowest BCUT2D eigenvalue weighted by Crippen LogP contribution is -2.45. The molecule has 6 atom stereocenters. The highest BCUT2D eigenvalue weighted by molar-refractivity contribution is 7.52. The summed E-state index contributed by atoms with van der Waals surface area (Å²) in [6.07, 6.45) is -1.05. The first-order valence-corrected chi connectivity index (χ1v) is 13.4. The van der Waals surface area contributed by atoms with Crippen molar-refractivity contribution in [2.24, 2.45) is 11.0 Å². The fourth-order valence-corrected chi connectivity index (χ4v) is 5.37. The van der Waals surface area contributed by atoms with Gasteiger partial charge in [0.1, 0.15) is 18.0 Å². The second-order valence-corrected chi connectivity index (χ2v) is 10.8. The molecule has 1 aromatic rings. The minimum atomic E-state index is -4.40. The monoisotopic (exact) mass is 551 g/mol. The average Bonchev–Trinajstić information content (AvgIpc) is 3.09. The van der Waals surface area contributed by atoms with Crippen molar-refractivity contribution in [1.29, 1.82) is 0 Å². The van der Waals surface area contributed by atoms with Crippen molar-refractivity contribution in [2.45, 2.75) is 64.3 Å². The van der Waals surface area contributed by atoms with Crippen molar-refractivity contribution in [1.82, 2.24) is 9.99 Å². The predicted octanol–water partition coefficient (Wildman–Crippen LogP) is 2.79. The van der Waals surface area contributed by atoms with Crippen LogP contribution in [0.25, 0.3) is 10.4 Å². The van der Waals surface area contributed by atoms with Crippen LogP contribution in [0, 0.1) is 5.92 Å². The largest absolute Gasteiger partial charge is 0.462 e. The van der Waals surface area contributed by atoms with E-state index in [1.54, 1.807) is 39.0 Å². The van der Waals surface area contributed by atoms with Gasteiger partial charge < -0.3 is 19.1 Å².